The standard InChI is InChI=1S/C19H12Cl2N2O4/c20-15-7-5-13(9-16(15)21)18(24)23-22-10-14-6-8-17(27-14)11-1-3-12(4-2-11)19(25)26/h1-10H,(H,23,24)(H,25,26)/b22-10-. The monoisotopic (exact) mass is 402 g/mol. The Bertz CT molecular complexity index is 1030. The zero-order chi connectivity index (χ0) is 19.4. The van der Waals surface area contributed by atoms with Gasteiger partial charge in [-0.25, -0.2) is 10.2 Å². The van der Waals surface area contributed by atoms with E-state index in [1.807, 2.05) is 0 Å². The van der Waals surface area contributed by atoms with Crippen LogP contribution >= 0.6 is 23.2 Å². The second-order valence-electron chi connectivity index (χ2n) is 5.41. The largest absolute Gasteiger partial charge is 0.478 e. The lowest BCUT2D eigenvalue weighted by molar-refractivity contribution is 0.0696. The summed E-state index contributed by atoms with van der Waals surface area (Å²) in [5, 5.41) is 13.4. The van der Waals surface area contributed by atoms with E-state index in [-0.39, 0.29) is 10.6 Å². The number of rotatable bonds is 5. The van der Waals surface area contributed by atoms with Gasteiger partial charge in [-0.1, -0.05) is 35.3 Å². The van der Waals surface area contributed by atoms with E-state index in [9.17, 15) is 9.59 Å². The van der Waals surface area contributed by atoms with E-state index in [4.69, 9.17) is 32.7 Å². The molecule has 3 aromatic rings. The van der Waals surface area contributed by atoms with Gasteiger partial charge in [0.25, 0.3) is 5.91 Å². The van der Waals surface area contributed by atoms with Crippen molar-refractivity contribution in [2.45, 2.75) is 0 Å². The van der Waals surface area contributed by atoms with Crippen molar-refractivity contribution in [3.05, 3.63) is 81.5 Å². The molecule has 1 aromatic heterocycles. The van der Waals surface area contributed by atoms with Crippen LogP contribution in [-0.2, 0) is 0 Å². The highest BCUT2D eigenvalue weighted by Crippen LogP contribution is 2.23. The average molecular weight is 403 g/mol. The highest BCUT2D eigenvalue weighted by Gasteiger charge is 2.08. The molecule has 0 atom stereocenters. The summed E-state index contributed by atoms with van der Waals surface area (Å²) in [7, 11) is 0. The molecule has 0 saturated heterocycles. The fourth-order valence-electron chi connectivity index (χ4n) is 2.21. The van der Waals surface area contributed by atoms with Crippen LogP contribution in [0.15, 0.2) is 64.1 Å². The lowest BCUT2D eigenvalue weighted by Gasteiger charge is -2.01. The number of hydrogen-bond acceptors (Lipinski definition) is 4. The zero-order valence-corrected chi connectivity index (χ0v) is 15.2. The van der Waals surface area contributed by atoms with E-state index in [1.165, 1.54) is 36.5 Å². The Hall–Kier alpha value is -3.09. The van der Waals surface area contributed by atoms with Gasteiger partial charge in [0.1, 0.15) is 11.5 Å². The van der Waals surface area contributed by atoms with Crippen LogP contribution in [0.4, 0.5) is 0 Å². The molecule has 0 spiro atoms. The molecule has 0 aliphatic heterocycles. The highest BCUT2D eigenvalue weighted by atomic mass is 35.5. The Balaban J connectivity index is 1.65. The maximum atomic E-state index is 12.0. The topological polar surface area (TPSA) is 91.9 Å². The van der Waals surface area contributed by atoms with Crippen molar-refractivity contribution in [3.63, 3.8) is 0 Å². The Labute approximate surface area is 164 Å². The molecule has 0 aliphatic carbocycles. The maximum absolute atomic E-state index is 12.0. The molecule has 2 aromatic carbocycles. The molecule has 6 nitrogen and oxygen atoms in total. The van der Waals surface area contributed by atoms with Crippen LogP contribution in [0.2, 0.25) is 10.0 Å². The number of carbonyl (C=O) groups excluding carboxylic acids is 1. The van der Waals surface area contributed by atoms with Gasteiger partial charge < -0.3 is 9.52 Å². The summed E-state index contributed by atoms with van der Waals surface area (Å²) >= 11 is 11.7. The molecule has 2 N–H and O–H groups in total. The smallest absolute Gasteiger partial charge is 0.335 e. The van der Waals surface area contributed by atoms with Crippen molar-refractivity contribution in [2.24, 2.45) is 5.10 Å². The minimum absolute atomic E-state index is 0.192. The number of benzene rings is 2. The lowest BCUT2D eigenvalue weighted by Crippen LogP contribution is -2.17. The number of halogens is 2. The van der Waals surface area contributed by atoms with Crippen molar-refractivity contribution < 1.29 is 19.1 Å². The lowest BCUT2D eigenvalue weighted by atomic mass is 10.1. The molecular formula is C19H12Cl2N2O4. The Morgan fingerprint density at radius 3 is 2.33 bits per heavy atom. The summed E-state index contributed by atoms with van der Waals surface area (Å²) in [6.45, 7) is 0. The van der Waals surface area contributed by atoms with Crippen molar-refractivity contribution in [3.8, 4) is 11.3 Å². The SMILES string of the molecule is O=C(O)c1ccc(-c2ccc(/C=N\NC(=O)c3ccc(Cl)c(Cl)c3)o2)cc1. The number of furan rings is 1. The molecule has 0 bridgehead atoms. The van der Waals surface area contributed by atoms with Gasteiger partial charge >= 0.3 is 5.97 Å². The number of amides is 1. The molecular weight excluding hydrogens is 391 g/mol. The Morgan fingerprint density at radius 2 is 1.67 bits per heavy atom. The predicted octanol–water partition coefficient (Wildman–Crippen LogP) is 4.72. The van der Waals surface area contributed by atoms with Crippen LogP contribution < -0.4 is 5.43 Å². The average Bonchev–Trinajstić information content (AvgIpc) is 3.13. The van der Waals surface area contributed by atoms with Crippen LogP contribution in [0, 0.1) is 0 Å². The van der Waals surface area contributed by atoms with E-state index in [2.05, 4.69) is 10.5 Å². The second-order valence-corrected chi connectivity index (χ2v) is 6.23. The summed E-state index contributed by atoms with van der Waals surface area (Å²) in [4.78, 5) is 22.9. The van der Waals surface area contributed by atoms with Crippen molar-refractivity contribution in [2.75, 3.05) is 0 Å². The molecule has 0 fully saturated rings. The number of aromatic carboxylic acids is 1. The molecule has 8 heteroatoms. The van der Waals surface area contributed by atoms with Gasteiger partial charge in [-0.05, 0) is 42.5 Å². The highest BCUT2D eigenvalue weighted by molar-refractivity contribution is 6.42. The first kappa shape index (κ1) is 18.7. The van der Waals surface area contributed by atoms with Crippen molar-refractivity contribution in [1.29, 1.82) is 0 Å². The maximum Gasteiger partial charge on any atom is 0.335 e. The summed E-state index contributed by atoms with van der Waals surface area (Å²) in [6, 6.07) is 14.2. The van der Waals surface area contributed by atoms with Crippen LogP contribution in [0.1, 0.15) is 26.5 Å². The van der Waals surface area contributed by atoms with E-state index >= 15 is 0 Å². The molecule has 0 radical (unpaired) electrons. The molecule has 27 heavy (non-hydrogen) atoms. The van der Waals surface area contributed by atoms with Crippen LogP contribution in [0.5, 0.6) is 0 Å². The number of hydrogen-bond donors (Lipinski definition) is 2. The number of carboxylic acid groups (broad SMARTS) is 1. The van der Waals surface area contributed by atoms with E-state index in [0.717, 1.165) is 5.56 Å². The molecule has 0 aliphatic rings. The predicted molar refractivity (Wildman–Crippen MR) is 103 cm³/mol. The van der Waals surface area contributed by atoms with E-state index < -0.39 is 11.9 Å². The van der Waals surface area contributed by atoms with Gasteiger partial charge in [0.05, 0.1) is 21.8 Å². The second kappa shape index (κ2) is 8.07. The molecule has 136 valence electrons. The third-order valence-corrected chi connectivity index (χ3v) is 4.32. The Kier molecular flexibility index (Phi) is 5.59. The van der Waals surface area contributed by atoms with Crippen molar-refractivity contribution in [1.82, 2.24) is 5.43 Å². The summed E-state index contributed by atoms with van der Waals surface area (Å²) in [5.74, 6) is -0.474. The molecule has 0 unspecified atom stereocenters. The number of carbonyl (C=O) groups is 2. The minimum atomic E-state index is -0.994. The summed E-state index contributed by atoms with van der Waals surface area (Å²) < 4.78 is 5.61. The molecule has 0 saturated carbocycles. The third-order valence-electron chi connectivity index (χ3n) is 3.58. The van der Waals surface area contributed by atoms with Gasteiger partial charge in [0.15, 0.2) is 0 Å². The van der Waals surface area contributed by atoms with Gasteiger partial charge in [-0.15, -0.1) is 0 Å². The molecule has 3 rings (SSSR count). The van der Waals surface area contributed by atoms with Gasteiger partial charge in [0, 0.05) is 11.1 Å². The minimum Gasteiger partial charge on any atom is -0.478 e. The normalized spacial score (nSPS) is 10.9. The molecule has 1 amide bonds. The molecule has 1 heterocycles. The number of nitrogens with one attached hydrogen (secondary N) is 1. The van der Waals surface area contributed by atoms with Crippen LogP contribution in [-0.4, -0.2) is 23.2 Å². The first-order valence-corrected chi connectivity index (χ1v) is 8.41. The summed E-state index contributed by atoms with van der Waals surface area (Å²) in [6.07, 6.45) is 1.35. The summed E-state index contributed by atoms with van der Waals surface area (Å²) in [5.41, 5.74) is 3.60. The quantitative estimate of drug-likeness (QED) is 0.477. The van der Waals surface area contributed by atoms with Crippen LogP contribution in [0.3, 0.4) is 0 Å². The number of hydrazone groups is 1. The fraction of sp³-hybridized carbons (Fsp3) is 0. The fourth-order valence-corrected chi connectivity index (χ4v) is 2.51. The number of carboxylic acids is 1. The van der Waals surface area contributed by atoms with E-state index in [1.54, 1.807) is 24.3 Å². The third kappa shape index (κ3) is 4.55. The van der Waals surface area contributed by atoms with Crippen molar-refractivity contribution >= 4 is 41.3 Å². The van der Waals surface area contributed by atoms with Crippen LogP contribution in [0.25, 0.3) is 11.3 Å². The first-order chi connectivity index (χ1) is 12.9. The van der Waals surface area contributed by atoms with E-state index in [0.29, 0.717) is 22.1 Å². The zero-order valence-electron chi connectivity index (χ0n) is 13.6. The number of nitrogens with zero attached hydrogens (tertiary/aromatic N) is 1. The van der Waals surface area contributed by atoms with Gasteiger partial charge in [-0.2, -0.15) is 5.10 Å². The Morgan fingerprint density at radius 1 is 0.963 bits per heavy atom. The van der Waals surface area contributed by atoms with Gasteiger partial charge in [-0.3, -0.25) is 4.79 Å². The first-order valence-electron chi connectivity index (χ1n) is 7.66. The van der Waals surface area contributed by atoms with Gasteiger partial charge in [0.2, 0.25) is 0 Å².